The smallest absolute Gasteiger partial charge is 0.191 e. The lowest BCUT2D eigenvalue weighted by molar-refractivity contribution is -0.106. The van der Waals surface area contributed by atoms with Crippen molar-refractivity contribution >= 4 is 35.6 Å². The number of para-hydroxylation sites is 2. The van der Waals surface area contributed by atoms with Crippen molar-refractivity contribution in [2.24, 2.45) is 16.3 Å². The molecule has 1 saturated carbocycles. The molecule has 1 aromatic carbocycles. The molecule has 0 spiro atoms. The summed E-state index contributed by atoms with van der Waals surface area (Å²) in [5.41, 5.74) is 1.32. The third-order valence-corrected chi connectivity index (χ3v) is 6.66. The Kier molecular flexibility index (Phi) is 7.19. The Hall–Kier alpha value is -1.22. The molecule has 2 heterocycles. The van der Waals surface area contributed by atoms with E-state index in [2.05, 4.69) is 48.4 Å². The van der Waals surface area contributed by atoms with Crippen LogP contribution in [0, 0.1) is 11.3 Å². The van der Waals surface area contributed by atoms with Crippen LogP contribution in [0.5, 0.6) is 5.75 Å². The van der Waals surface area contributed by atoms with Gasteiger partial charge in [-0.25, -0.2) is 0 Å². The van der Waals surface area contributed by atoms with Gasteiger partial charge in [-0.15, -0.1) is 24.0 Å². The number of aliphatic imine (C=N–C) groups is 1. The van der Waals surface area contributed by atoms with Gasteiger partial charge in [0.1, 0.15) is 5.75 Å². The molecule has 29 heavy (non-hydrogen) atoms. The lowest BCUT2D eigenvalue weighted by Gasteiger charge is -2.55. The van der Waals surface area contributed by atoms with E-state index in [-0.39, 0.29) is 29.4 Å². The van der Waals surface area contributed by atoms with Gasteiger partial charge in [0.15, 0.2) is 5.96 Å². The lowest BCUT2D eigenvalue weighted by Crippen LogP contribution is -2.68. The zero-order valence-corrected chi connectivity index (χ0v) is 20.3. The predicted octanol–water partition coefficient (Wildman–Crippen LogP) is 3.26. The maximum atomic E-state index is 5.94. The molecule has 4 rings (SSSR count). The number of anilines is 1. The maximum Gasteiger partial charge on any atom is 0.191 e. The van der Waals surface area contributed by atoms with Crippen molar-refractivity contribution in [1.82, 2.24) is 10.6 Å². The van der Waals surface area contributed by atoms with Crippen LogP contribution in [-0.4, -0.2) is 57.5 Å². The number of hydrogen-bond donors (Lipinski definition) is 2. The highest BCUT2D eigenvalue weighted by atomic mass is 127. The molecule has 1 aliphatic carbocycles. The Morgan fingerprint density at radius 2 is 2.07 bits per heavy atom. The topological polar surface area (TPSA) is 58.1 Å². The summed E-state index contributed by atoms with van der Waals surface area (Å²) < 4.78 is 11.5. The first kappa shape index (κ1) is 22.5. The normalized spacial score (nSPS) is 30.2. The first-order valence-electron chi connectivity index (χ1n) is 10.6. The number of guanidine groups is 1. The van der Waals surface area contributed by atoms with E-state index in [1.807, 2.05) is 12.1 Å². The van der Waals surface area contributed by atoms with Crippen molar-refractivity contribution in [2.75, 3.05) is 38.3 Å². The Labute approximate surface area is 191 Å². The number of halogens is 1. The van der Waals surface area contributed by atoms with Crippen molar-refractivity contribution in [3.05, 3.63) is 24.3 Å². The first-order valence-corrected chi connectivity index (χ1v) is 10.6. The van der Waals surface area contributed by atoms with Crippen LogP contribution < -0.4 is 20.3 Å². The molecular formula is C22H35IN4O2. The number of methoxy groups -OCH3 is 1. The van der Waals surface area contributed by atoms with Crippen LogP contribution in [0.15, 0.2) is 29.3 Å². The van der Waals surface area contributed by atoms with Crippen molar-refractivity contribution in [3.8, 4) is 5.75 Å². The Morgan fingerprint density at radius 1 is 1.28 bits per heavy atom. The van der Waals surface area contributed by atoms with Crippen LogP contribution in [0.3, 0.4) is 0 Å². The second kappa shape index (κ2) is 9.29. The van der Waals surface area contributed by atoms with Gasteiger partial charge in [0.05, 0.1) is 18.9 Å². The SMILES string of the molecule is CCN=C(NC1CCN(c2ccccc2OC)C1)NC1C2CCOC2C1(C)C.I. The van der Waals surface area contributed by atoms with E-state index in [0.29, 0.717) is 24.1 Å². The summed E-state index contributed by atoms with van der Waals surface area (Å²) in [7, 11) is 1.74. The highest BCUT2D eigenvalue weighted by molar-refractivity contribution is 14.0. The number of fused-ring (bicyclic) bond motifs is 1. The molecule has 2 aliphatic heterocycles. The van der Waals surface area contributed by atoms with Gasteiger partial charge in [0.25, 0.3) is 0 Å². The van der Waals surface area contributed by atoms with E-state index < -0.39 is 0 Å². The number of hydrogen-bond acceptors (Lipinski definition) is 4. The molecule has 0 aromatic heterocycles. The van der Waals surface area contributed by atoms with Crippen molar-refractivity contribution in [2.45, 2.75) is 51.8 Å². The fraction of sp³-hybridized carbons (Fsp3) is 0.682. The molecule has 7 heteroatoms. The molecule has 0 radical (unpaired) electrons. The number of rotatable bonds is 5. The zero-order valence-electron chi connectivity index (χ0n) is 18.0. The van der Waals surface area contributed by atoms with Gasteiger partial charge in [0, 0.05) is 49.7 Å². The van der Waals surface area contributed by atoms with E-state index in [4.69, 9.17) is 14.5 Å². The van der Waals surface area contributed by atoms with Gasteiger partial charge in [-0.3, -0.25) is 4.99 Å². The molecule has 2 saturated heterocycles. The third kappa shape index (κ3) is 4.31. The fourth-order valence-electron chi connectivity index (χ4n) is 5.24. The summed E-state index contributed by atoms with van der Waals surface area (Å²) in [5, 5.41) is 7.42. The summed E-state index contributed by atoms with van der Waals surface area (Å²) in [5.74, 6) is 2.48. The molecule has 4 unspecified atom stereocenters. The fourth-order valence-corrected chi connectivity index (χ4v) is 5.24. The van der Waals surface area contributed by atoms with Crippen LogP contribution in [-0.2, 0) is 4.74 Å². The molecule has 3 fully saturated rings. The van der Waals surface area contributed by atoms with Gasteiger partial charge in [0.2, 0.25) is 0 Å². The van der Waals surface area contributed by atoms with E-state index in [1.54, 1.807) is 7.11 Å². The van der Waals surface area contributed by atoms with Crippen LogP contribution in [0.4, 0.5) is 5.69 Å². The Morgan fingerprint density at radius 3 is 2.83 bits per heavy atom. The van der Waals surface area contributed by atoms with Crippen molar-refractivity contribution in [1.29, 1.82) is 0 Å². The molecule has 3 aliphatic rings. The van der Waals surface area contributed by atoms with Gasteiger partial charge in [-0.1, -0.05) is 26.0 Å². The molecular weight excluding hydrogens is 479 g/mol. The first-order chi connectivity index (χ1) is 13.5. The molecule has 2 N–H and O–H groups in total. The number of nitrogens with zero attached hydrogens (tertiary/aromatic N) is 2. The average molecular weight is 514 g/mol. The van der Waals surface area contributed by atoms with Crippen LogP contribution >= 0.6 is 24.0 Å². The van der Waals surface area contributed by atoms with E-state index in [1.165, 1.54) is 5.69 Å². The maximum absolute atomic E-state index is 5.94. The van der Waals surface area contributed by atoms with Gasteiger partial charge >= 0.3 is 0 Å². The second-order valence-electron chi connectivity index (χ2n) is 8.76. The highest BCUT2D eigenvalue weighted by Crippen LogP contribution is 2.52. The van der Waals surface area contributed by atoms with E-state index in [0.717, 1.165) is 50.8 Å². The molecule has 0 bridgehead atoms. The van der Waals surface area contributed by atoms with Crippen LogP contribution in [0.1, 0.15) is 33.6 Å². The third-order valence-electron chi connectivity index (χ3n) is 6.66. The quantitative estimate of drug-likeness (QED) is 0.359. The standard InChI is InChI=1S/C22H34N4O2.HI/c1-5-23-21(25-19-16-11-13-28-20(16)22(19,2)3)24-15-10-12-26(14-15)17-8-6-7-9-18(17)27-4;/h6-9,15-16,19-20H,5,10-14H2,1-4H3,(H2,23,24,25);1H. The van der Waals surface area contributed by atoms with E-state index in [9.17, 15) is 0 Å². The van der Waals surface area contributed by atoms with Crippen LogP contribution in [0.25, 0.3) is 0 Å². The minimum Gasteiger partial charge on any atom is -0.495 e. The predicted molar refractivity (Wildman–Crippen MR) is 129 cm³/mol. The van der Waals surface area contributed by atoms with Crippen LogP contribution in [0.2, 0.25) is 0 Å². The van der Waals surface area contributed by atoms with Gasteiger partial charge in [-0.2, -0.15) is 0 Å². The second-order valence-corrected chi connectivity index (χ2v) is 8.76. The summed E-state index contributed by atoms with van der Waals surface area (Å²) >= 11 is 0. The summed E-state index contributed by atoms with van der Waals surface area (Å²) in [6, 6.07) is 9.05. The number of nitrogens with one attached hydrogen (secondary N) is 2. The van der Waals surface area contributed by atoms with Gasteiger partial charge < -0.3 is 25.0 Å². The van der Waals surface area contributed by atoms with Crippen molar-refractivity contribution in [3.63, 3.8) is 0 Å². The van der Waals surface area contributed by atoms with Crippen molar-refractivity contribution < 1.29 is 9.47 Å². The zero-order chi connectivity index (χ0) is 19.7. The molecule has 1 aromatic rings. The minimum absolute atomic E-state index is 0. The molecule has 0 amide bonds. The summed E-state index contributed by atoms with van der Waals surface area (Å²) in [6.45, 7) is 10.3. The highest BCUT2D eigenvalue weighted by Gasteiger charge is 2.59. The van der Waals surface area contributed by atoms with Gasteiger partial charge in [-0.05, 0) is 31.9 Å². The number of benzene rings is 1. The van der Waals surface area contributed by atoms with E-state index >= 15 is 0 Å². The Balaban J connectivity index is 0.00000240. The summed E-state index contributed by atoms with van der Waals surface area (Å²) in [6.07, 6.45) is 2.63. The molecule has 6 nitrogen and oxygen atoms in total. The monoisotopic (exact) mass is 514 g/mol. The molecule has 162 valence electrons. The Bertz CT molecular complexity index is 727. The minimum atomic E-state index is 0. The lowest BCUT2D eigenvalue weighted by atomic mass is 9.57. The summed E-state index contributed by atoms with van der Waals surface area (Å²) in [4.78, 5) is 7.13. The average Bonchev–Trinajstić information content (AvgIpc) is 3.34. The number of ether oxygens (including phenoxy) is 2. The largest absolute Gasteiger partial charge is 0.495 e. The molecule has 4 atom stereocenters.